The van der Waals surface area contributed by atoms with Crippen LogP contribution in [0, 0.1) is 5.92 Å². The van der Waals surface area contributed by atoms with Gasteiger partial charge in [-0.15, -0.1) is 6.58 Å². The van der Waals surface area contributed by atoms with E-state index >= 15 is 0 Å². The largest absolute Gasteiger partial charge is 0.497 e. The second kappa shape index (κ2) is 12.6. The maximum atomic E-state index is 13.9. The van der Waals surface area contributed by atoms with E-state index in [4.69, 9.17) is 14.2 Å². The van der Waals surface area contributed by atoms with Crippen LogP contribution in [0.5, 0.6) is 11.5 Å². The molecule has 0 bridgehead atoms. The lowest BCUT2D eigenvalue weighted by atomic mass is 10.0. The van der Waals surface area contributed by atoms with Crippen LogP contribution in [0.2, 0.25) is 0 Å². The summed E-state index contributed by atoms with van der Waals surface area (Å²) in [7, 11) is 1.17. The summed E-state index contributed by atoms with van der Waals surface area (Å²) in [5.41, 5.74) is 1.79. The summed E-state index contributed by atoms with van der Waals surface area (Å²) >= 11 is 0. The fourth-order valence-corrected chi connectivity index (χ4v) is 5.81. The molecule has 2 aromatic rings. The second-order valence-corrected chi connectivity index (χ2v) is 9.98. The standard InChI is InChI=1S/C25H35NO5S/c1-6-7-20(2)25(16-17-29-3)32(27,28)26(18-21-8-12-23(30-4)13-9-21)19-22-10-14-24(31-5)15-11-22/h6,8-15,20,25H,1,7,16-19H2,2-5H3/t20-,25+/m1/s1. The van der Waals surface area contributed by atoms with E-state index in [9.17, 15) is 8.42 Å². The molecule has 176 valence electrons. The Morgan fingerprint density at radius 1 is 0.906 bits per heavy atom. The summed E-state index contributed by atoms with van der Waals surface area (Å²) in [6.45, 7) is 6.66. The van der Waals surface area contributed by atoms with Crippen LogP contribution in [0.1, 0.15) is 30.9 Å². The van der Waals surface area contributed by atoms with Gasteiger partial charge >= 0.3 is 0 Å². The molecule has 2 rings (SSSR count). The number of nitrogens with zero attached hydrogens (tertiary/aromatic N) is 1. The Morgan fingerprint density at radius 2 is 1.38 bits per heavy atom. The van der Waals surface area contributed by atoms with E-state index < -0.39 is 15.3 Å². The average Bonchev–Trinajstić information content (AvgIpc) is 2.80. The van der Waals surface area contributed by atoms with E-state index in [1.54, 1.807) is 31.7 Å². The zero-order valence-corrected chi connectivity index (χ0v) is 20.3. The highest BCUT2D eigenvalue weighted by atomic mass is 32.2. The molecule has 0 spiro atoms. The molecule has 0 aliphatic rings. The van der Waals surface area contributed by atoms with Gasteiger partial charge in [0.05, 0.1) is 19.5 Å². The molecule has 0 aromatic heterocycles. The van der Waals surface area contributed by atoms with Gasteiger partial charge < -0.3 is 14.2 Å². The normalized spacial score (nSPS) is 13.5. The monoisotopic (exact) mass is 461 g/mol. The number of sulfonamides is 1. The average molecular weight is 462 g/mol. The van der Waals surface area contributed by atoms with Crippen molar-refractivity contribution < 1.29 is 22.6 Å². The van der Waals surface area contributed by atoms with Crippen LogP contribution < -0.4 is 9.47 Å². The fourth-order valence-electron chi connectivity index (χ4n) is 3.67. The number of hydrogen-bond donors (Lipinski definition) is 0. The molecule has 0 heterocycles. The number of benzene rings is 2. The minimum absolute atomic E-state index is 0.0816. The van der Waals surface area contributed by atoms with Gasteiger partial charge in [0.15, 0.2) is 0 Å². The summed E-state index contributed by atoms with van der Waals surface area (Å²) < 4.78 is 45.0. The number of rotatable bonds is 14. The molecular formula is C25H35NO5S. The first kappa shape index (κ1) is 25.9. The van der Waals surface area contributed by atoms with Crippen molar-refractivity contribution in [2.45, 2.75) is 38.1 Å². The van der Waals surface area contributed by atoms with Gasteiger partial charge in [-0.05, 0) is 54.2 Å². The molecule has 0 N–H and O–H groups in total. The van der Waals surface area contributed by atoms with Gasteiger partial charge in [0.25, 0.3) is 0 Å². The predicted octanol–water partition coefficient (Wildman–Crippen LogP) is 4.65. The van der Waals surface area contributed by atoms with Crippen molar-refractivity contribution in [1.29, 1.82) is 0 Å². The number of allylic oxidation sites excluding steroid dienone is 1. The van der Waals surface area contributed by atoms with Crippen LogP contribution in [0.15, 0.2) is 61.2 Å². The summed E-state index contributed by atoms with van der Waals surface area (Å²) in [5.74, 6) is 1.38. The van der Waals surface area contributed by atoms with E-state index in [-0.39, 0.29) is 19.0 Å². The van der Waals surface area contributed by atoms with Gasteiger partial charge in [-0.25, -0.2) is 8.42 Å². The second-order valence-electron chi connectivity index (χ2n) is 7.83. The van der Waals surface area contributed by atoms with Crippen molar-refractivity contribution in [2.75, 3.05) is 27.9 Å². The third kappa shape index (κ3) is 7.08. The molecule has 2 atom stereocenters. The van der Waals surface area contributed by atoms with E-state index in [2.05, 4.69) is 6.58 Å². The molecule has 0 saturated carbocycles. The minimum atomic E-state index is -3.64. The predicted molar refractivity (Wildman–Crippen MR) is 128 cm³/mol. The molecule has 0 fully saturated rings. The van der Waals surface area contributed by atoms with Crippen LogP contribution in [0.4, 0.5) is 0 Å². The molecule has 0 amide bonds. The fraction of sp³-hybridized carbons (Fsp3) is 0.440. The van der Waals surface area contributed by atoms with Crippen LogP contribution in [0.3, 0.4) is 0 Å². The van der Waals surface area contributed by atoms with Crippen molar-refractivity contribution in [3.05, 3.63) is 72.3 Å². The Balaban J connectivity index is 2.40. The molecule has 7 heteroatoms. The Bertz CT molecular complexity index is 876. The van der Waals surface area contributed by atoms with Crippen molar-refractivity contribution in [3.63, 3.8) is 0 Å². The third-order valence-corrected chi connectivity index (χ3v) is 8.00. The van der Waals surface area contributed by atoms with Gasteiger partial charge in [0, 0.05) is 26.8 Å². The molecule has 0 aliphatic heterocycles. The van der Waals surface area contributed by atoms with Crippen molar-refractivity contribution in [2.24, 2.45) is 5.92 Å². The van der Waals surface area contributed by atoms with E-state index in [0.29, 0.717) is 19.4 Å². The van der Waals surface area contributed by atoms with Crippen molar-refractivity contribution in [3.8, 4) is 11.5 Å². The topological polar surface area (TPSA) is 65.1 Å². The lowest BCUT2D eigenvalue weighted by Crippen LogP contribution is -2.41. The zero-order valence-electron chi connectivity index (χ0n) is 19.5. The van der Waals surface area contributed by atoms with Crippen LogP contribution in [-0.2, 0) is 27.8 Å². The van der Waals surface area contributed by atoms with Gasteiger partial charge in [0.2, 0.25) is 10.0 Å². The first-order valence-electron chi connectivity index (χ1n) is 10.7. The van der Waals surface area contributed by atoms with Crippen molar-refractivity contribution >= 4 is 10.0 Å². The molecule has 0 radical (unpaired) electrons. The van der Waals surface area contributed by atoms with Gasteiger partial charge in [-0.2, -0.15) is 4.31 Å². The molecule has 0 saturated heterocycles. The van der Waals surface area contributed by atoms with Crippen LogP contribution in [0.25, 0.3) is 0 Å². The Hall–Kier alpha value is -2.35. The minimum Gasteiger partial charge on any atom is -0.497 e. The molecule has 6 nitrogen and oxygen atoms in total. The van der Waals surface area contributed by atoms with E-state index in [0.717, 1.165) is 22.6 Å². The summed E-state index contributed by atoms with van der Waals surface area (Å²) in [4.78, 5) is 0. The number of methoxy groups -OCH3 is 3. The van der Waals surface area contributed by atoms with Crippen LogP contribution >= 0.6 is 0 Å². The Morgan fingerprint density at radius 3 is 1.75 bits per heavy atom. The summed E-state index contributed by atoms with van der Waals surface area (Å²) in [5, 5.41) is -0.572. The maximum Gasteiger partial charge on any atom is 0.217 e. The third-order valence-electron chi connectivity index (χ3n) is 5.56. The summed E-state index contributed by atoms with van der Waals surface area (Å²) in [6.07, 6.45) is 2.82. The molecule has 0 aliphatic carbocycles. The molecule has 0 unspecified atom stereocenters. The highest BCUT2D eigenvalue weighted by Gasteiger charge is 2.35. The maximum absolute atomic E-state index is 13.9. The summed E-state index contributed by atoms with van der Waals surface area (Å²) in [6, 6.07) is 15.0. The zero-order chi connectivity index (χ0) is 23.6. The lowest BCUT2D eigenvalue weighted by molar-refractivity contribution is 0.187. The van der Waals surface area contributed by atoms with Gasteiger partial charge in [-0.3, -0.25) is 0 Å². The first-order valence-corrected chi connectivity index (χ1v) is 12.2. The van der Waals surface area contributed by atoms with Gasteiger partial charge in [0.1, 0.15) is 11.5 Å². The van der Waals surface area contributed by atoms with E-state index in [1.165, 1.54) is 0 Å². The SMILES string of the molecule is C=CC[C@@H](C)[C@H](CCOC)S(=O)(=O)N(Cc1ccc(OC)cc1)Cc1ccc(OC)cc1. The Labute approximate surface area is 192 Å². The van der Waals surface area contributed by atoms with Crippen LogP contribution in [-0.4, -0.2) is 45.9 Å². The van der Waals surface area contributed by atoms with Gasteiger partial charge in [-0.1, -0.05) is 37.3 Å². The lowest BCUT2D eigenvalue weighted by Gasteiger charge is -2.31. The van der Waals surface area contributed by atoms with Crippen molar-refractivity contribution in [1.82, 2.24) is 4.31 Å². The molecular weight excluding hydrogens is 426 g/mol. The number of ether oxygens (including phenoxy) is 3. The molecule has 2 aromatic carbocycles. The molecule has 32 heavy (non-hydrogen) atoms. The Kier molecular flexibility index (Phi) is 10.2. The van der Waals surface area contributed by atoms with E-state index in [1.807, 2.05) is 55.5 Å². The number of hydrogen-bond acceptors (Lipinski definition) is 5. The first-order chi connectivity index (χ1) is 15.3. The highest BCUT2D eigenvalue weighted by molar-refractivity contribution is 7.89. The smallest absolute Gasteiger partial charge is 0.217 e. The quantitative estimate of drug-likeness (QED) is 0.383. The highest BCUT2D eigenvalue weighted by Crippen LogP contribution is 2.27.